The third-order valence-corrected chi connectivity index (χ3v) is 5.85. The molecule has 0 unspecified atom stereocenters. The number of hydrogen-bond acceptors (Lipinski definition) is 6. The van der Waals surface area contributed by atoms with E-state index in [1.807, 2.05) is 12.1 Å². The fourth-order valence-corrected chi connectivity index (χ4v) is 4.03. The summed E-state index contributed by atoms with van der Waals surface area (Å²) in [5.41, 5.74) is 2.34. The number of carbonyl (C=O) groups is 1. The Balaban J connectivity index is 1.35. The van der Waals surface area contributed by atoms with Crippen LogP contribution in [0.4, 0.5) is 17.2 Å². The van der Waals surface area contributed by atoms with E-state index in [9.17, 15) is 4.79 Å². The Labute approximate surface area is 172 Å². The summed E-state index contributed by atoms with van der Waals surface area (Å²) in [4.78, 5) is 25.8. The topological polar surface area (TPSA) is 73.4 Å². The van der Waals surface area contributed by atoms with Gasteiger partial charge in [-0.3, -0.25) is 4.79 Å². The lowest BCUT2D eigenvalue weighted by molar-refractivity contribution is 0.102. The molecule has 2 fully saturated rings. The average Bonchev–Trinajstić information content (AvgIpc) is 2.76. The van der Waals surface area contributed by atoms with E-state index >= 15 is 0 Å². The third-order valence-electron chi connectivity index (χ3n) is 5.85. The first-order valence-electron chi connectivity index (χ1n) is 10.6. The van der Waals surface area contributed by atoms with Crippen LogP contribution in [0.1, 0.15) is 42.6 Å². The molecule has 1 aliphatic carbocycles. The molecule has 0 bridgehead atoms. The highest BCUT2D eigenvalue weighted by molar-refractivity contribution is 6.03. The summed E-state index contributed by atoms with van der Waals surface area (Å²) in [7, 11) is 2.15. The van der Waals surface area contributed by atoms with Crippen molar-refractivity contribution in [2.75, 3.05) is 48.8 Å². The predicted molar refractivity (Wildman–Crippen MR) is 117 cm³/mol. The fraction of sp³-hybridized carbons (Fsp3) is 0.500. The highest BCUT2D eigenvalue weighted by Gasteiger charge is 2.16. The monoisotopic (exact) mass is 394 g/mol. The normalized spacial score (nSPS) is 18.4. The maximum absolute atomic E-state index is 12.6. The fourth-order valence-electron chi connectivity index (χ4n) is 4.03. The SMILES string of the molecule is CN1CCN(c2ccc(NC(=O)c3cc(NC4CCCCC4)ncn3)cc2)CC1. The number of nitrogens with zero attached hydrogens (tertiary/aromatic N) is 4. The van der Waals surface area contributed by atoms with Gasteiger partial charge in [-0.2, -0.15) is 0 Å². The van der Waals surface area contributed by atoms with Crippen molar-refractivity contribution in [3.63, 3.8) is 0 Å². The lowest BCUT2D eigenvalue weighted by Crippen LogP contribution is -2.44. The number of piperazine rings is 1. The van der Waals surface area contributed by atoms with Crippen molar-refractivity contribution in [1.29, 1.82) is 0 Å². The van der Waals surface area contributed by atoms with E-state index < -0.39 is 0 Å². The summed E-state index contributed by atoms with van der Waals surface area (Å²) in [5.74, 6) is 0.508. The molecule has 1 saturated heterocycles. The Morgan fingerprint density at radius 2 is 1.72 bits per heavy atom. The third kappa shape index (κ3) is 5.23. The van der Waals surface area contributed by atoms with Crippen LogP contribution < -0.4 is 15.5 Å². The van der Waals surface area contributed by atoms with Crippen molar-refractivity contribution >= 4 is 23.1 Å². The van der Waals surface area contributed by atoms with E-state index in [2.05, 4.69) is 49.6 Å². The lowest BCUT2D eigenvalue weighted by Gasteiger charge is -2.34. The van der Waals surface area contributed by atoms with Crippen LogP contribution in [0.15, 0.2) is 36.7 Å². The molecule has 7 nitrogen and oxygen atoms in total. The molecule has 154 valence electrons. The Hall–Kier alpha value is -2.67. The molecule has 2 N–H and O–H groups in total. The zero-order valence-corrected chi connectivity index (χ0v) is 17.1. The molecule has 0 radical (unpaired) electrons. The van der Waals surface area contributed by atoms with Crippen LogP contribution in [0.5, 0.6) is 0 Å². The van der Waals surface area contributed by atoms with Crippen LogP contribution in [0.2, 0.25) is 0 Å². The van der Waals surface area contributed by atoms with E-state index in [1.165, 1.54) is 31.3 Å². The zero-order valence-electron chi connectivity index (χ0n) is 17.1. The first kappa shape index (κ1) is 19.6. The van der Waals surface area contributed by atoms with E-state index in [-0.39, 0.29) is 5.91 Å². The summed E-state index contributed by atoms with van der Waals surface area (Å²) >= 11 is 0. The van der Waals surface area contributed by atoms with Crippen LogP contribution in [-0.2, 0) is 0 Å². The average molecular weight is 395 g/mol. The molecule has 1 saturated carbocycles. The van der Waals surface area contributed by atoms with Gasteiger partial charge in [-0.05, 0) is 44.2 Å². The summed E-state index contributed by atoms with van der Waals surface area (Å²) < 4.78 is 0. The molecule has 1 aromatic heterocycles. The minimum absolute atomic E-state index is 0.216. The minimum atomic E-state index is -0.216. The first-order chi connectivity index (χ1) is 14.2. The highest BCUT2D eigenvalue weighted by atomic mass is 16.1. The number of anilines is 3. The molecule has 4 rings (SSSR count). The second-order valence-electron chi connectivity index (χ2n) is 8.06. The van der Waals surface area contributed by atoms with Crippen molar-refractivity contribution in [3.8, 4) is 0 Å². The number of amides is 1. The Bertz CT molecular complexity index is 810. The van der Waals surface area contributed by atoms with E-state index in [1.54, 1.807) is 6.07 Å². The van der Waals surface area contributed by atoms with E-state index in [0.717, 1.165) is 50.5 Å². The molecule has 1 aliphatic heterocycles. The summed E-state index contributed by atoms with van der Waals surface area (Å²) in [6.45, 7) is 4.20. The molecule has 1 aromatic carbocycles. The molecule has 2 aliphatic rings. The van der Waals surface area contributed by atoms with Crippen molar-refractivity contribution in [2.24, 2.45) is 0 Å². The molecule has 0 atom stereocenters. The van der Waals surface area contributed by atoms with E-state index in [4.69, 9.17) is 0 Å². The highest BCUT2D eigenvalue weighted by Crippen LogP contribution is 2.22. The number of aromatic nitrogens is 2. The quantitative estimate of drug-likeness (QED) is 0.811. The molecular weight excluding hydrogens is 364 g/mol. The van der Waals surface area contributed by atoms with Gasteiger partial charge in [0.1, 0.15) is 17.8 Å². The lowest BCUT2D eigenvalue weighted by atomic mass is 9.95. The number of hydrogen-bond donors (Lipinski definition) is 2. The Morgan fingerprint density at radius 3 is 2.45 bits per heavy atom. The van der Waals surface area contributed by atoms with Crippen molar-refractivity contribution in [3.05, 3.63) is 42.4 Å². The molecule has 2 heterocycles. The number of carbonyl (C=O) groups excluding carboxylic acids is 1. The summed E-state index contributed by atoms with van der Waals surface area (Å²) in [6.07, 6.45) is 7.58. The van der Waals surface area contributed by atoms with Crippen LogP contribution >= 0.6 is 0 Å². The van der Waals surface area contributed by atoms with Crippen molar-refractivity contribution < 1.29 is 4.79 Å². The second kappa shape index (κ2) is 9.22. The maximum atomic E-state index is 12.6. The first-order valence-corrected chi connectivity index (χ1v) is 10.6. The largest absolute Gasteiger partial charge is 0.369 e. The number of nitrogens with one attached hydrogen (secondary N) is 2. The van der Waals surface area contributed by atoms with Gasteiger partial charge < -0.3 is 20.4 Å². The van der Waals surface area contributed by atoms with Crippen LogP contribution in [0.3, 0.4) is 0 Å². The van der Waals surface area contributed by atoms with Gasteiger partial charge in [0.2, 0.25) is 0 Å². The van der Waals surface area contributed by atoms with E-state index in [0.29, 0.717) is 11.7 Å². The van der Waals surface area contributed by atoms with Gasteiger partial charge in [-0.15, -0.1) is 0 Å². The smallest absolute Gasteiger partial charge is 0.274 e. The van der Waals surface area contributed by atoms with Gasteiger partial charge in [0, 0.05) is 49.7 Å². The van der Waals surface area contributed by atoms with Gasteiger partial charge in [0.05, 0.1) is 0 Å². The molecule has 7 heteroatoms. The molecule has 2 aromatic rings. The van der Waals surface area contributed by atoms with Crippen LogP contribution in [0.25, 0.3) is 0 Å². The molecule has 0 spiro atoms. The van der Waals surface area contributed by atoms with Gasteiger partial charge in [0.15, 0.2) is 0 Å². The molecule has 1 amide bonds. The second-order valence-corrected chi connectivity index (χ2v) is 8.06. The van der Waals surface area contributed by atoms with Crippen molar-refractivity contribution in [2.45, 2.75) is 38.1 Å². The standard InChI is InChI=1S/C22H30N6O/c1-27-11-13-28(14-12-27)19-9-7-18(8-10-19)26-22(29)20-15-21(24-16-23-20)25-17-5-3-2-4-6-17/h7-10,15-17H,2-6,11-14H2,1H3,(H,26,29)(H,23,24,25). The Kier molecular flexibility index (Phi) is 6.24. The number of likely N-dealkylation sites (N-methyl/N-ethyl adjacent to an activating group) is 1. The Morgan fingerprint density at radius 1 is 1.00 bits per heavy atom. The van der Waals surface area contributed by atoms with Gasteiger partial charge in [-0.1, -0.05) is 19.3 Å². The van der Waals surface area contributed by atoms with Crippen LogP contribution in [-0.4, -0.2) is 60.0 Å². The zero-order chi connectivity index (χ0) is 20.1. The summed E-state index contributed by atoms with van der Waals surface area (Å²) in [6, 6.07) is 10.2. The molecule has 29 heavy (non-hydrogen) atoms. The minimum Gasteiger partial charge on any atom is -0.369 e. The van der Waals surface area contributed by atoms with Gasteiger partial charge in [-0.25, -0.2) is 9.97 Å². The van der Waals surface area contributed by atoms with Crippen molar-refractivity contribution in [1.82, 2.24) is 14.9 Å². The number of benzene rings is 1. The predicted octanol–water partition coefficient (Wildman–Crippen LogP) is 3.23. The molecular formula is C22H30N6O. The number of rotatable bonds is 5. The maximum Gasteiger partial charge on any atom is 0.274 e. The van der Waals surface area contributed by atoms with Crippen LogP contribution in [0, 0.1) is 0 Å². The summed E-state index contributed by atoms with van der Waals surface area (Å²) in [5, 5.41) is 6.39. The van der Waals surface area contributed by atoms with Gasteiger partial charge in [0.25, 0.3) is 5.91 Å². The van der Waals surface area contributed by atoms with Gasteiger partial charge >= 0.3 is 0 Å².